The molecule has 238 valence electrons. The van der Waals surface area contributed by atoms with E-state index in [9.17, 15) is 22.8 Å². The fourth-order valence-electron chi connectivity index (χ4n) is 6.11. The van der Waals surface area contributed by atoms with Crippen LogP contribution in [0.3, 0.4) is 0 Å². The third-order valence-corrected chi connectivity index (χ3v) is 8.77. The van der Waals surface area contributed by atoms with Crippen molar-refractivity contribution in [2.75, 3.05) is 0 Å². The van der Waals surface area contributed by atoms with Crippen LogP contribution < -0.4 is 5.56 Å². The van der Waals surface area contributed by atoms with Crippen molar-refractivity contribution >= 4 is 23.2 Å². The Morgan fingerprint density at radius 2 is 1.81 bits per heavy atom. The SMILES string of the molecule is Cc1nc(-c2ccc(-n3c(=O)c4c(n5ncc(Cc6ccccc6)c35)CN(C(=O)c3ccc(Cl)c(C(F)(F)F)c3)[C@H](C)C4)cc2)n[nH]1. The second-order valence-corrected chi connectivity index (χ2v) is 12.0. The van der Waals surface area contributed by atoms with Gasteiger partial charge in [-0.1, -0.05) is 41.9 Å². The minimum atomic E-state index is -4.72. The summed E-state index contributed by atoms with van der Waals surface area (Å²) in [4.78, 5) is 34.0. The number of aromatic amines is 1. The highest BCUT2D eigenvalue weighted by Crippen LogP contribution is 2.36. The molecule has 7 rings (SSSR count). The molecule has 1 N–H and O–H groups in total. The lowest BCUT2D eigenvalue weighted by atomic mass is 9.97. The largest absolute Gasteiger partial charge is 0.417 e. The molecular formula is C34H27ClF3N7O2. The van der Waals surface area contributed by atoms with Crippen LogP contribution in [0.2, 0.25) is 5.02 Å². The molecule has 4 heterocycles. The minimum Gasteiger partial charge on any atom is -0.330 e. The molecule has 1 aliphatic heterocycles. The number of aryl methyl sites for hydroxylation is 1. The number of hydrogen-bond donors (Lipinski definition) is 1. The highest BCUT2D eigenvalue weighted by Gasteiger charge is 2.36. The molecule has 1 aliphatic rings. The van der Waals surface area contributed by atoms with E-state index >= 15 is 0 Å². The number of nitrogens with zero attached hydrogens (tertiary/aromatic N) is 6. The Bertz CT molecular complexity index is 2210. The Labute approximate surface area is 271 Å². The van der Waals surface area contributed by atoms with Crippen molar-refractivity contribution in [3.8, 4) is 17.1 Å². The Kier molecular flexibility index (Phi) is 7.47. The normalized spacial score (nSPS) is 14.9. The van der Waals surface area contributed by atoms with Gasteiger partial charge in [-0.05, 0) is 68.3 Å². The maximum atomic E-state index is 14.4. The van der Waals surface area contributed by atoms with E-state index in [1.54, 1.807) is 22.2 Å². The number of carbonyl (C=O) groups excluding carboxylic acids is 1. The van der Waals surface area contributed by atoms with E-state index in [0.29, 0.717) is 40.7 Å². The van der Waals surface area contributed by atoms with Crippen LogP contribution in [0.1, 0.15) is 51.1 Å². The molecule has 0 radical (unpaired) electrons. The zero-order chi connectivity index (χ0) is 33.0. The Hall–Kier alpha value is -5.23. The van der Waals surface area contributed by atoms with E-state index < -0.39 is 28.7 Å². The number of fused-ring (bicyclic) bond motifs is 3. The van der Waals surface area contributed by atoms with Crippen LogP contribution in [-0.2, 0) is 25.6 Å². The number of rotatable bonds is 5. The highest BCUT2D eigenvalue weighted by molar-refractivity contribution is 6.31. The van der Waals surface area contributed by atoms with Crippen molar-refractivity contribution in [1.29, 1.82) is 0 Å². The number of aromatic nitrogens is 6. The van der Waals surface area contributed by atoms with Crippen molar-refractivity contribution in [1.82, 2.24) is 34.3 Å². The molecule has 3 aromatic heterocycles. The van der Waals surface area contributed by atoms with Gasteiger partial charge in [-0.25, -0.2) is 9.50 Å². The first-order valence-corrected chi connectivity index (χ1v) is 15.2. The standard InChI is InChI=1S/C34H27ClF3N7O2/c1-19-14-26-29(18-43(19)32(46)23-10-13-28(35)27(16-23)34(36,37)38)45-31(24(17-39-45)15-21-6-4-3-5-7-21)44(33(26)47)25-11-8-22(9-12-25)30-40-20(2)41-42-30/h3-13,16-17,19H,14-15,18H2,1-2H3,(H,40,41,42)/t19-/m1/s1. The van der Waals surface area contributed by atoms with E-state index in [-0.39, 0.29) is 24.1 Å². The number of alkyl halides is 3. The molecule has 0 saturated heterocycles. The van der Waals surface area contributed by atoms with E-state index in [2.05, 4.69) is 15.2 Å². The van der Waals surface area contributed by atoms with E-state index in [0.717, 1.165) is 28.8 Å². The zero-order valence-electron chi connectivity index (χ0n) is 25.2. The fourth-order valence-corrected chi connectivity index (χ4v) is 6.33. The average Bonchev–Trinajstić information content (AvgIpc) is 3.67. The molecule has 6 aromatic rings. The molecule has 13 heteroatoms. The van der Waals surface area contributed by atoms with Crippen LogP contribution in [0.15, 0.2) is 83.8 Å². The highest BCUT2D eigenvalue weighted by atomic mass is 35.5. The molecule has 0 saturated carbocycles. The lowest BCUT2D eigenvalue weighted by Gasteiger charge is -2.35. The first-order valence-electron chi connectivity index (χ1n) is 14.8. The van der Waals surface area contributed by atoms with E-state index in [1.165, 1.54) is 11.0 Å². The van der Waals surface area contributed by atoms with Crippen LogP contribution in [0.5, 0.6) is 0 Å². The summed E-state index contributed by atoms with van der Waals surface area (Å²) >= 11 is 5.81. The summed E-state index contributed by atoms with van der Waals surface area (Å²) in [5, 5.41) is 11.3. The van der Waals surface area contributed by atoms with Crippen molar-refractivity contribution < 1.29 is 18.0 Å². The quantitative estimate of drug-likeness (QED) is 0.230. The molecule has 0 bridgehead atoms. The first kappa shape index (κ1) is 30.4. The summed E-state index contributed by atoms with van der Waals surface area (Å²) in [5.74, 6) is 0.616. The molecule has 47 heavy (non-hydrogen) atoms. The maximum Gasteiger partial charge on any atom is 0.417 e. The Morgan fingerprint density at radius 3 is 2.49 bits per heavy atom. The van der Waals surface area contributed by atoms with Gasteiger partial charge in [0.15, 0.2) is 5.82 Å². The molecule has 3 aromatic carbocycles. The van der Waals surface area contributed by atoms with Gasteiger partial charge in [0, 0.05) is 34.7 Å². The van der Waals surface area contributed by atoms with Crippen LogP contribution in [0.4, 0.5) is 13.2 Å². The summed E-state index contributed by atoms with van der Waals surface area (Å²) in [6.45, 7) is 3.56. The maximum absolute atomic E-state index is 14.4. The fraction of sp³-hybridized carbons (Fsp3) is 0.206. The van der Waals surface area contributed by atoms with Gasteiger partial charge in [-0.15, -0.1) is 0 Å². The summed E-state index contributed by atoms with van der Waals surface area (Å²) in [5.41, 5.74) is 3.22. The second kappa shape index (κ2) is 11.5. The lowest BCUT2D eigenvalue weighted by Crippen LogP contribution is -2.46. The second-order valence-electron chi connectivity index (χ2n) is 11.6. The van der Waals surface area contributed by atoms with Crippen LogP contribution in [0.25, 0.3) is 22.7 Å². The molecule has 9 nitrogen and oxygen atoms in total. The summed E-state index contributed by atoms with van der Waals surface area (Å²) in [6, 6.07) is 19.8. The summed E-state index contributed by atoms with van der Waals surface area (Å²) < 4.78 is 44.1. The van der Waals surface area contributed by atoms with Gasteiger partial charge in [0.05, 0.1) is 34.7 Å². The number of hydrogen-bond acceptors (Lipinski definition) is 5. The minimum absolute atomic E-state index is 0.0263. The molecular weight excluding hydrogens is 631 g/mol. The summed E-state index contributed by atoms with van der Waals surface area (Å²) in [7, 11) is 0. The first-order chi connectivity index (χ1) is 22.5. The van der Waals surface area contributed by atoms with Gasteiger partial charge in [-0.2, -0.15) is 23.4 Å². The van der Waals surface area contributed by atoms with Gasteiger partial charge in [0.25, 0.3) is 11.5 Å². The number of carbonyl (C=O) groups is 1. The van der Waals surface area contributed by atoms with Crippen molar-refractivity contribution in [2.45, 2.75) is 45.5 Å². The topological polar surface area (TPSA) is 101 Å². The molecule has 1 amide bonds. The average molecular weight is 658 g/mol. The third-order valence-electron chi connectivity index (χ3n) is 8.44. The van der Waals surface area contributed by atoms with Gasteiger partial charge >= 0.3 is 6.18 Å². The Balaban J connectivity index is 1.35. The molecule has 0 aliphatic carbocycles. The smallest absolute Gasteiger partial charge is 0.330 e. The predicted octanol–water partition coefficient (Wildman–Crippen LogP) is 6.43. The monoisotopic (exact) mass is 657 g/mol. The summed E-state index contributed by atoms with van der Waals surface area (Å²) in [6.07, 6.45) is -2.34. The van der Waals surface area contributed by atoms with Gasteiger partial charge in [0.1, 0.15) is 11.5 Å². The zero-order valence-corrected chi connectivity index (χ0v) is 26.0. The number of halogens is 4. The van der Waals surface area contributed by atoms with Crippen molar-refractivity contribution in [3.05, 3.63) is 134 Å². The lowest BCUT2D eigenvalue weighted by molar-refractivity contribution is -0.137. The van der Waals surface area contributed by atoms with E-state index in [1.807, 2.05) is 61.5 Å². The van der Waals surface area contributed by atoms with Gasteiger partial charge in [0.2, 0.25) is 0 Å². The molecule has 0 fully saturated rings. The Morgan fingerprint density at radius 1 is 1.06 bits per heavy atom. The number of amides is 1. The predicted molar refractivity (Wildman–Crippen MR) is 170 cm³/mol. The van der Waals surface area contributed by atoms with Crippen molar-refractivity contribution in [3.63, 3.8) is 0 Å². The van der Waals surface area contributed by atoms with Gasteiger partial charge < -0.3 is 4.90 Å². The third kappa shape index (κ3) is 5.48. The van der Waals surface area contributed by atoms with Crippen LogP contribution in [-0.4, -0.2) is 46.2 Å². The number of nitrogens with one attached hydrogen (secondary N) is 1. The number of benzene rings is 3. The van der Waals surface area contributed by atoms with Crippen LogP contribution >= 0.6 is 11.6 Å². The van der Waals surface area contributed by atoms with E-state index in [4.69, 9.17) is 16.7 Å². The molecule has 0 unspecified atom stereocenters. The molecule has 0 spiro atoms. The van der Waals surface area contributed by atoms with Crippen molar-refractivity contribution in [2.24, 2.45) is 0 Å². The number of H-pyrrole nitrogens is 1. The molecule has 1 atom stereocenters. The van der Waals surface area contributed by atoms with Crippen LogP contribution in [0, 0.1) is 6.92 Å². The van der Waals surface area contributed by atoms with Gasteiger partial charge in [-0.3, -0.25) is 19.3 Å².